The highest BCUT2D eigenvalue weighted by atomic mass is 79.9. The van der Waals surface area contributed by atoms with E-state index in [1.165, 1.54) is 11.1 Å². The van der Waals surface area contributed by atoms with Gasteiger partial charge in [-0.05, 0) is 55.3 Å². The molecule has 6 heteroatoms. The van der Waals surface area contributed by atoms with Crippen molar-refractivity contribution in [2.45, 2.75) is 19.9 Å². The molecule has 138 valence electrons. The van der Waals surface area contributed by atoms with E-state index in [9.17, 15) is 5.11 Å². The van der Waals surface area contributed by atoms with Gasteiger partial charge in [0.1, 0.15) is 23.5 Å². The fraction of sp³-hybridized carbons (Fsp3) is 0.143. The lowest BCUT2D eigenvalue weighted by Crippen LogP contribution is -2.08. The average molecular weight is 425 g/mol. The smallest absolute Gasteiger partial charge is 0.143 e. The van der Waals surface area contributed by atoms with Gasteiger partial charge in [0.2, 0.25) is 0 Å². The molecule has 2 aromatic heterocycles. The minimum absolute atomic E-state index is 0. The van der Waals surface area contributed by atoms with Crippen LogP contribution in [-0.2, 0) is 0 Å². The van der Waals surface area contributed by atoms with Gasteiger partial charge >= 0.3 is 0 Å². The molecule has 4 aromatic rings. The fourth-order valence-corrected chi connectivity index (χ4v) is 2.99. The number of H-pyrrole nitrogens is 1. The molecule has 0 fully saturated rings. The van der Waals surface area contributed by atoms with Crippen LogP contribution in [0.1, 0.15) is 24.1 Å². The van der Waals surface area contributed by atoms with Crippen LogP contribution in [0.3, 0.4) is 0 Å². The summed E-state index contributed by atoms with van der Waals surface area (Å²) < 4.78 is 0. The predicted octanol–water partition coefficient (Wildman–Crippen LogP) is 5.39. The summed E-state index contributed by atoms with van der Waals surface area (Å²) in [4.78, 5) is 12.1. The quantitative estimate of drug-likeness (QED) is 0.410. The molecule has 4 rings (SSSR count). The minimum Gasteiger partial charge on any atom is -0.508 e. The monoisotopic (exact) mass is 424 g/mol. The molecule has 0 saturated carbocycles. The maximum absolute atomic E-state index is 9.47. The normalized spacial score (nSPS) is 11.8. The first-order valence-corrected chi connectivity index (χ1v) is 8.56. The summed E-state index contributed by atoms with van der Waals surface area (Å²) in [6.07, 6.45) is 1.56. The van der Waals surface area contributed by atoms with Gasteiger partial charge in [-0.1, -0.05) is 29.8 Å². The Balaban J connectivity index is 0.00000210. The molecular formula is C21H21BrN4O. The first kappa shape index (κ1) is 18.9. The number of aromatic amines is 1. The molecule has 0 radical (unpaired) electrons. The molecule has 2 heterocycles. The van der Waals surface area contributed by atoms with E-state index in [1.54, 1.807) is 18.5 Å². The zero-order valence-corrected chi connectivity index (χ0v) is 16.8. The van der Waals surface area contributed by atoms with Crippen LogP contribution >= 0.6 is 17.0 Å². The van der Waals surface area contributed by atoms with E-state index in [0.29, 0.717) is 0 Å². The van der Waals surface area contributed by atoms with Gasteiger partial charge in [-0.15, -0.1) is 17.0 Å². The van der Waals surface area contributed by atoms with Crippen LogP contribution in [-0.4, -0.2) is 20.1 Å². The van der Waals surface area contributed by atoms with Crippen molar-refractivity contribution >= 4 is 33.8 Å². The Bertz CT molecular complexity index is 1040. The molecule has 0 amide bonds. The third-order valence-electron chi connectivity index (χ3n) is 4.53. The van der Waals surface area contributed by atoms with Gasteiger partial charge in [0, 0.05) is 11.7 Å². The summed E-state index contributed by atoms with van der Waals surface area (Å²) in [5.74, 6) is 1.04. The van der Waals surface area contributed by atoms with Crippen LogP contribution < -0.4 is 5.32 Å². The number of halogens is 1. The topological polar surface area (TPSA) is 73.8 Å². The molecule has 0 bridgehead atoms. The number of aromatic hydroxyl groups is 1. The molecule has 5 nitrogen and oxygen atoms in total. The zero-order valence-electron chi connectivity index (χ0n) is 15.1. The molecule has 3 N–H and O–H groups in total. The van der Waals surface area contributed by atoms with Crippen molar-refractivity contribution in [2.24, 2.45) is 0 Å². The number of phenolic OH excluding ortho intramolecular Hbond substituents is 1. The van der Waals surface area contributed by atoms with Crippen molar-refractivity contribution in [1.29, 1.82) is 0 Å². The Hall–Kier alpha value is -2.86. The number of hydrogen-bond donors (Lipinski definition) is 3. The summed E-state index contributed by atoms with van der Waals surface area (Å²) in [5, 5.41) is 13.9. The first-order chi connectivity index (χ1) is 12.6. The second kappa shape index (κ2) is 7.80. The van der Waals surface area contributed by atoms with E-state index in [1.807, 2.05) is 18.2 Å². The summed E-state index contributed by atoms with van der Waals surface area (Å²) >= 11 is 0. The van der Waals surface area contributed by atoms with E-state index >= 15 is 0 Å². The Morgan fingerprint density at radius 1 is 1.00 bits per heavy atom. The lowest BCUT2D eigenvalue weighted by Gasteiger charge is -2.15. The maximum Gasteiger partial charge on any atom is 0.143 e. The zero-order chi connectivity index (χ0) is 18.1. The molecule has 0 aliphatic carbocycles. The fourth-order valence-electron chi connectivity index (χ4n) is 2.99. The number of anilines is 1. The van der Waals surface area contributed by atoms with Gasteiger partial charge < -0.3 is 15.4 Å². The maximum atomic E-state index is 9.47. The van der Waals surface area contributed by atoms with E-state index in [4.69, 9.17) is 0 Å². The van der Waals surface area contributed by atoms with Crippen LogP contribution in [0.2, 0.25) is 0 Å². The van der Waals surface area contributed by atoms with Crippen molar-refractivity contribution in [2.75, 3.05) is 5.32 Å². The van der Waals surface area contributed by atoms with Crippen LogP contribution in [0.5, 0.6) is 5.75 Å². The molecule has 0 aliphatic rings. The standard InChI is InChI=1S/C21H20N4O.BrH/c1-13-3-5-15(6-4-13)14(2)24-20-18-11-19(25-21(18)23-12-22-20)16-7-9-17(26)10-8-16;/h3-12,14,26H,1-2H3,(H2,22,23,24,25);1H/t14-;/m1./s1. The van der Waals surface area contributed by atoms with Crippen LogP contribution in [0.15, 0.2) is 60.9 Å². The molecule has 0 spiro atoms. The average Bonchev–Trinajstić information content (AvgIpc) is 3.08. The SMILES string of the molecule is Br.Cc1ccc([C@@H](C)Nc2ncnc3[nH]c(-c4ccc(O)cc4)cc23)cc1. The van der Waals surface area contributed by atoms with E-state index in [0.717, 1.165) is 28.1 Å². The van der Waals surface area contributed by atoms with E-state index in [2.05, 4.69) is 58.4 Å². The minimum atomic E-state index is 0. The van der Waals surface area contributed by atoms with Gasteiger partial charge in [0.15, 0.2) is 0 Å². The number of nitrogens with zero attached hydrogens (tertiary/aromatic N) is 2. The number of hydrogen-bond acceptors (Lipinski definition) is 4. The molecule has 2 aromatic carbocycles. The second-order valence-corrected chi connectivity index (χ2v) is 6.49. The summed E-state index contributed by atoms with van der Waals surface area (Å²) in [6.45, 7) is 4.20. The lowest BCUT2D eigenvalue weighted by molar-refractivity contribution is 0.475. The van der Waals surface area contributed by atoms with Crippen LogP contribution in [0.25, 0.3) is 22.3 Å². The van der Waals surface area contributed by atoms with E-state index in [-0.39, 0.29) is 28.8 Å². The summed E-state index contributed by atoms with van der Waals surface area (Å²) in [6, 6.07) is 17.7. The van der Waals surface area contributed by atoms with Crippen LogP contribution in [0.4, 0.5) is 5.82 Å². The molecular weight excluding hydrogens is 404 g/mol. The largest absolute Gasteiger partial charge is 0.508 e. The molecule has 1 atom stereocenters. The Kier molecular flexibility index (Phi) is 5.46. The number of fused-ring (bicyclic) bond motifs is 1. The van der Waals surface area contributed by atoms with Gasteiger partial charge in [0.05, 0.1) is 5.39 Å². The Labute approximate surface area is 168 Å². The molecule has 0 aliphatic heterocycles. The van der Waals surface area contributed by atoms with Crippen molar-refractivity contribution in [1.82, 2.24) is 15.0 Å². The van der Waals surface area contributed by atoms with Crippen molar-refractivity contribution in [3.05, 3.63) is 72.1 Å². The summed E-state index contributed by atoms with van der Waals surface area (Å²) in [5.41, 5.74) is 5.15. The number of aromatic nitrogens is 3. The first-order valence-electron chi connectivity index (χ1n) is 8.56. The molecule has 0 unspecified atom stereocenters. The molecule has 27 heavy (non-hydrogen) atoms. The van der Waals surface area contributed by atoms with Crippen LogP contribution in [0, 0.1) is 6.92 Å². The van der Waals surface area contributed by atoms with Gasteiger partial charge in [0.25, 0.3) is 0 Å². The third-order valence-corrected chi connectivity index (χ3v) is 4.53. The number of phenols is 1. The number of rotatable bonds is 4. The second-order valence-electron chi connectivity index (χ2n) is 6.49. The number of aryl methyl sites for hydroxylation is 1. The van der Waals surface area contributed by atoms with Gasteiger partial charge in [-0.25, -0.2) is 9.97 Å². The van der Waals surface area contributed by atoms with Gasteiger partial charge in [-0.3, -0.25) is 0 Å². The highest BCUT2D eigenvalue weighted by Gasteiger charge is 2.12. The van der Waals surface area contributed by atoms with Gasteiger partial charge in [-0.2, -0.15) is 0 Å². The lowest BCUT2D eigenvalue weighted by atomic mass is 10.1. The molecule has 0 saturated heterocycles. The summed E-state index contributed by atoms with van der Waals surface area (Å²) in [7, 11) is 0. The third kappa shape index (κ3) is 3.95. The van der Waals surface area contributed by atoms with Crippen molar-refractivity contribution < 1.29 is 5.11 Å². The highest BCUT2D eigenvalue weighted by Crippen LogP contribution is 2.29. The Morgan fingerprint density at radius 3 is 2.41 bits per heavy atom. The predicted molar refractivity (Wildman–Crippen MR) is 115 cm³/mol. The van der Waals surface area contributed by atoms with Crippen molar-refractivity contribution in [3.8, 4) is 17.0 Å². The van der Waals surface area contributed by atoms with E-state index < -0.39 is 0 Å². The number of benzene rings is 2. The Morgan fingerprint density at radius 2 is 1.70 bits per heavy atom. The highest BCUT2D eigenvalue weighted by molar-refractivity contribution is 8.93. The number of nitrogens with one attached hydrogen (secondary N) is 2. The van der Waals surface area contributed by atoms with Crippen molar-refractivity contribution in [3.63, 3.8) is 0 Å².